The molecule has 1 aromatic carbocycles. The van der Waals surface area contributed by atoms with E-state index in [0.29, 0.717) is 12.6 Å². The van der Waals surface area contributed by atoms with Crippen LogP contribution in [0.3, 0.4) is 0 Å². The second-order valence-corrected chi connectivity index (χ2v) is 6.06. The minimum atomic E-state index is 0.314. The number of nitrogens with one attached hydrogen (secondary N) is 1. The summed E-state index contributed by atoms with van der Waals surface area (Å²) in [4.78, 5) is 0. The van der Waals surface area contributed by atoms with Crippen molar-refractivity contribution < 1.29 is 4.74 Å². The molecule has 1 fully saturated rings. The van der Waals surface area contributed by atoms with Crippen molar-refractivity contribution in [2.24, 2.45) is 5.92 Å². The standard InChI is InChI=1S/C16H20BrNO/c1-3-9-19-16-8-7-14(17)10-13(16)11-18-15-6-4-5-12(15)2/h1,7-8,10,12,15,18H,4-6,9,11H2,2H3. The van der Waals surface area contributed by atoms with Crippen molar-refractivity contribution >= 4 is 15.9 Å². The lowest BCUT2D eigenvalue weighted by Gasteiger charge is -2.18. The van der Waals surface area contributed by atoms with Gasteiger partial charge in [-0.2, -0.15) is 0 Å². The van der Waals surface area contributed by atoms with E-state index < -0.39 is 0 Å². The smallest absolute Gasteiger partial charge is 0.148 e. The summed E-state index contributed by atoms with van der Waals surface area (Å²) in [5.74, 6) is 4.15. The maximum absolute atomic E-state index is 5.59. The van der Waals surface area contributed by atoms with Crippen molar-refractivity contribution in [3.05, 3.63) is 28.2 Å². The SMILES string of the molecule is C#CCOc1ccc(Br)cc1CNC1CCCC1C. The lowest BCUT2D eigenvalue weighted by atomic mass is 10.1. The maximum Gasteiger partial charge on any atom is 0.148 e. The molecule has 0 amide bonds. The van der Waals surface area contributed by atoms with Crippen LogP contribution in [0, 0.1) is 18.3 Å². The van der Waals surface area contributed by atoms with Crippen LogP contribution in [0.4, 0.5) is 0 Å². The van der Waals surface area contributed by atoms with E-state index in [0.717, 1.165) is 28.2 Å². The Bertz CT molecular complexity index is 466. The van der Waals surface area contributed by atoms with E-state index in [2.05, 4.69) is 40.2 Å². The molecule has 102 valence electrons. The van der Waals surface area contributed by atoms with Crippen LogP contribution in [0.25, 0.3) is 0 Å². The topological polar surface area (TPSA) is 21.3 Å². The van der Waals surface area contributed by atoms with E-state index in [1.165, 1.54) is 19.3 Å². The van der Waals surface area contributed by atoms with Crippen LogP contribution in [0.15, 0.2) is 22.7 Å². The molecule has 0 saturated heterocycles. The van der Waals surface area contributed by atoms with Gasteiger partial charge in [-0.1, -0.05) is 35.2 Å². The first-order chi connectivity index (χ1) is 9.20. The molecule has 0 aromatic heterocycles. The molecular weight excluding hydrogens is 302 g/mol. The molecule has 0 heterocycles. The number of rotatable bonds is 5. The summed E-state index contributed by atoms with van der Waals surface area (Å²) in [6, 6.07) is 6.67. The molecule has 1 N–H and O–H groups in total. The zero-order valence-corrected chi connectivity index (χ0v) is 12.9. The molecule has 2 atom stereocenters. The van der Waals surface area contributed by atoms with Gasteiger partial charge in [0.2, 0.25) is 0 Å². The van der Waals surface area contributed by atoms with Gasteiger partial charge in [-0.15, -0.1) is 6.42 Å². The van der Waals surface area contributed by atoms with Gasteiger partial charge in [-0.3, -0.25) is 0 Å². The van der Waals surface area contributed by atoms with Crippen molar-refractivity contribution in [2.45, 2.75) is 38.8 Å². The fourth-order valence-corrected chi connectivity index (χ4v) is 3.04. The first-order valence-corrected chi connectivity index (χ1v) is 7.58. The van der Waals surface area contributed by atoms with Crippen LogP contribution < -0.4 is 10.1 Å². The summed E-state index contributed by atoms with van der Waals surface area (Å²) in [7, 11) is 0. The number of hydrogen-bond acceptors (Lipinski definition) is 2. The van der Waals surface area contributed by atoms with Crippen LogP contribution >= 0.6 is 15.9 Å². The first-order valence-electron chi connectivity index (χ1n) is 6.79. The zero-order chi connectivity index (χ0) is 13.7. The summed E-state index contributed by atoms with van der Waals surface area (Å²) in [6.07, 6.45) is 9.18. The first kappa shape index (κ1) is 14.4. The quantitative estimate of drug-likeness (QED) is 0.834. The number of halogens is 1. The molecule has 2 unspecified atom stereocenters. The molecule has 0 spiro atoms. The Balaban J connectivity index is 2.01. The molecule has 3 heteroatoms. The lowest BCUT2D eigenvalue weighted by molar-refractivity contribution is 0.360. The van der Waals surface area contributed by atoms with E-state index in [1.807, 2.05) is 12.1 Å². The molecule has 1 aliphatic rings. The third kappa shape index (κ3) is 3.99. The van der Waals surface area contributed by atoms with Crippen LogP contribution in [-0.4, -0.2) is 12.6 Å². The molecule has 0 aliphatic heterocycles. The highest BCUT2D eigenvalue weighted by Gasteiger charge is 2.22. The van der Waals surface area contributed by atoms with Crippen molar-refractivity contribution in [1.82, 2.24) is 5.32 Å². The van der Waals surface area contributed by atoms with Crippen LogP contribution in [0.1, 0.15) is 31.7 Å². The van der Waals surface area contributed by atoms with Gasteiger partial charge in [0.25, 0.3) is 0 Å². The number of terminal acetylenes is 1. The molecular formula is C16H20BrNO. The predicted molar refractivity (Wildman–Crippen MR) is 82.1 cm³/mol. The van der Waals surface area contributed by atoms with Gasteiger partial charge in [0.1, 0.15) is 12.4 Å². The van der Waals surface area contributed by atoms with Gasteiger partial charge in [0, 0.05) is 22.6 Å². The number of hydrogen-bond donors (Lipinski definition) is 1. The Morgan fingerprint density at radius 3 is 3.00 bits per heavy atom. The second kappa shape index (κ2) is 6.98. The highest BCUT2D eigenvalue weighted by molar-refractivity contribution is 9.10. The Hall–Kier alpha value is -0.980. The minimum absolute atomic E-state index is 0.314. The normalized spacial score (nSPS) is 22.2. The predicted octanol–water partition coefficient (Wildman–Crippen LogP) is 3.74. The highest BCUT2D eigenvalue weighted by Crippen LogP contribution is 2.27. The second-order valence-electron chi connectivity index (χ2n) is 5.14. The summed E-state index contributed by atoms with van der Waals surface area (Å²) in [5.41, 5.74) is 1.16. The number of benzene rings is 1. The molecule has 2 nitrogen and oxygen atoms in total. The van der Waals surface area contributed by atoms with Crippen LogP contribution in [0.5, 0.6) is 5.75 Å². The minimum Gasteiger partial charge on any atom is -0.481 e. The van der Waals surface area contributed by atoms with E-state index in [1.54, 1.807) is 0 Å². The highest BCUT2D eigenvalue weighted by atomic mass is 79.9. The van der Waals surface area contributed by atoms with Crippen molar-refractivity contribution in [3.8, 4) is 18.1 Å². The maximum atomic E-state index is 5.59. The van der Waals surface area contributed by atoms with Gasteiger partial charge < -0.3 is 10.1 Å². The van der Waals surface area contributed by atoms with E-state index in [9.17, 15) is 0 Å². The van der Waals surface area contributed by atoms with E-state index >= 15 is 0 Å². The van der Waals surface area contributed by atoms with E-state index in [-0.39, 0.29) is 0 Å². The summed E-state index contributed by atoms with van der Waals surface area (Å²) < 4.78 is 6.65. The third-order valence-electron chi connectivity index (χ3n) is 3.75. The Labute approximate surface area is 124 Å². The fraction of sp³-hybridized carbons (Fsp3) is 0.500. The summed E-state index contributed by atoms with van der Waals surface area (Å²) in [6.45, 7) is 3.46. The molecule has 0 radical (unpaired) electrons. The van der Waals surface area contributed by atoms with Crippen molar-refractivity contribution in [1.29, 1.82) is 0 Å². The molecule has 1 saturated carbocycles. The summed E-state index contributed by atoms with van der Waals surface area (Å²) in [5, 5.41) is 3.64. The zero-order valence-electron chi connectivity index (χ0n) is 11.3. The molecule has 19 heavy (non-hydrogen) atoms. The molecule has 1 aliphatic carbocycles. The molecule has 2 rings (SSSR count). The Morgan fingerprint density at radius 2 is 2.32 bits per heavy atom. The molecule has 0 bridgehead atoms. The molecule has 1 aromatic rings. The monoisotopic (exact) mass is 321 g/mol. The average molecular weight is 322 g/mol. The largest absolute Gasteiger partial charge is 0.481 e. The van der Waals surface area contributed by atoms with Crippen molar-refractivity contribution in [3.63, 3.8) is 0 Å². The Morgan fingerprint density at radius 1 is 1.47 bits per heavy atom. The van der Waals surface area contributed by atoms with Gasteiger partial charge in [0.15, 0.2) is 0 Å². The average Bonchev–Trinajstić information content (AvgIpc) is 2.81. The number of ether oxygens (including phenoxy) is 1. The van der Waals surface area contributed by atoms with Gasteiger partial charge >= 0.3 is 0 Å². The van der Waals surface area contributed by atoms with E-state index in [4.69, 9.17) is 11.2 Å². The third-order valence-corrected chi connectivity index (χ3v) is 4.24. The van der Waals surface area contributed by atoms with Gasteiger partial charge in [-0.25, -0.2) is 0 Å². The van der Waals surface area contributed by atoms with Crippen molar-refractivity contribution in [2.75, 3.05) is 6.61 Å². The van der Waals surface area contributed by atoms with Gasteiger partial charge in [0.05, 0.1) is 0 Å². The summed E-state index contributed by atoms with van der Waals surface area (Å²) >= 11 is 3.51. The van der Waals surface area contributed by atoms with Crippen LogP contribution in [-0.2, 0) is 6.54 Å². The fourth-order valence-electron chi connectivity index (χ4n) is 2.64. The Kier molecular flexibility index (Phi) is 5.30. The lowest BCUT2D eigenvalue weighted by Crippen LogP contribution is -2.30. The van der Waals surface area contributed by atoms with Gasteiger partial charge in [-0.05, 0) is 37.0 Å². The van der Waals surface area contributed by atoms with Crippen LogP contribution in [0.2, 0.25) is 0 Å².